The zero-order valence-electron chi connectivity index (χ0n) is 13.4. The minimum atomic E-state index is 0.636. The molecule has 2 fully saturated rings. The van der Waals surface area contributed by atoms with Gasteiger partial charge in [-0.3, -0.25) is 10.00 Å². The summed E-state index contributed by atoms with van der Waals surface area (Å²) in [6.45, 7) is 10.1. The number of anilines is 1. The van der Waals surface area contributed by atoms with Crippen LogP contribution in [-0.4, -0.2) is 57.8 Å². The van der Waals surface area contributed by atoms with E-state index in [1.165, 1.54) is 25.1 Å². The second kappa shape index (κ2) is 5.50. The average Bonchev–Trinajstić information content (AvgIpc) is 3.26. The molecule has 3 heterocycles. The number of piperazine rings is 1. The van der Waals surface area contributed by atoms with Gasteiger partial charge in [-0.1, -0.05) is 13.8 Å². The van der Waals surface area contributed by atoms with Crippen LogP contribution < -0.4 is 4.90 Å². The van der Waals surface area contributed by atoms with E-state index < -0.39 is 0 Å². The van der Waals surface area contributed by atoms with Gasteiger partial charge in [0.25, 0.3) is 0 Å². The number of aromatic amines is 1. The Morgan fingerprint density at radius 2 is 1.95 bits per heavy atom. The van der Waals surface area contributed by atoms with Crippen LogP contribution in [0.2, 0.25) is 0 Å². The summed E-state index contributed by atoms with van der Waals surface area (Å²) in [7, 11) is 0. The van der Waals surface area contributed by atoms with E-state index >= 15 is 0 Å². The molecule has 1 aliphatic carbocycles. The highest BCUT2D eigenvalue weighted by molar-refractivity contribution is 5.90. The van der Waals surface area contributed by atoms with Crippen LogP contribution in [0.25, 0.3) is 11.0 Å². The fraction of sp³-hybridized carbons (Fsp3) is 0.688. The molecule has 1 saturated carbocycles. The third kappa shape index (κ3) is 2.56. The highest BCUT2D eigenvalue weighted by Crippen LogP contribution is 2.43. The molecule has 0 aromatic carbocycles. The lowest BCUT2D eigenvalue weighted by atomic mass is 10.1. The first-order valence-electron chi connectivity index (χ1n) is 8.38. The van der Waals surface area contributed by atoms with E-state index in [1.807, 2.05) is 0 Å². The van der Waals surface area contributed by atoms with E-state index in [4.69, 9.17) is 0 Å². The van der Waals surface area contributed by atoms with E-state index in [2.05, 4.69) is 43.8 Å². The van der Waals surface area contributed by atoms with Crippen molar-refractivity contribution in [1.29, 1.82) is 0 Å². The molecular formula is C16H24N6. The van der Waals surface area contributed by atoms with Gasteiger partial charge in [-0.2, -0.15) is 5.10 Å². The Kier molecular flexibility index (Phi) is 3.48. The van der Waals surface area contributed by atoms with E-state index in [0.29, 0.717) is 5.92 Å². The molecule has 4 rings (SSSR count). The number of hydrogen-bond donors (Lipinski definition) is 1. The Morgan fingerprint density at radius 1 is 1.18 bits per heavy atom. The smallest absolute Gasteiger partial charge is 0.186 e. The summed E-state index contributed by atoms with van der Waals surface area (Å²) in [5.41, 5.74) is 2.06. The van der Waals surface area contributed by atoms with E-state index in [-0.39, 0.29) is 0 Å². The van der Waals surface area contributed by atoms with Gasteiger partial charge in [0.1, 0.15) is 12.1 Å². The normalized spacial score (nSPS) is 20.2. The van der Waals surface area contributed by atoms with Gasteiger partial charge in [0.15, 0.2) is 5.65 Å². The largest absolute Gasteiger partial charge is 0.353 e. The van der Waals surface area contributed by atoms with Gasteiger partial charge < -0.3 is 4.90 Å². The number of fused-ring (bicyclic) bond motifs is 1. The lowest BCUT2D eigenvalue weighted by Crippen LogP contribution is -2.47. The van der Waals surface area contributed by atoms with Gasteiger partial charge >= 0.3 is 0 Å². The van der Waals surface area contributed by atoms with Crippen LogP contribution in [0.1, 0.15) is 38.3 Å². The monoisotopic (exact) mass is 300 g/mol. The summed E-state index contributed by atoms with van der Waals surface area (Å²) in [5.74, 6) is 2.44. The minimum absolute atomic E-state index is 0.636. The molecule has 0 atom stereocenters. The molecule has 2 aromatic rings. The summed E-state index contributed by atoms with van der Waals surface area (Å²) in [4.78, 5) is 13.9. The number of aromatic nitrogens is 4. The van der Waals surface area contributed by atoms with Crippen LogP contribution in [0.15, 0.2) is 6.33 Å². The van der Waals surface area contributed by atoms with E-state index in [9.17, 15) is 0 Å². The van der Waals surface area contributed by atoms with Crippen LogP contribution in [0.3, 0.4) is 0 Å². The predicted octanol–water partition coefficient (Wildman–Crippen LogP) is 2.01. The predicted molar refractivity (Wildman–Crippen MR) is 87.1 cm³/mol. The topological polar surface area (TPSA) is 60.9 Å². The first-order valence-corrected chi connectivity index (χ1v) is 8.38. The second-order valence-corrected chi connectivity index (χ2v) is 6.99. The zero-order chi connectivity index (χ0) is 15.1. The molecule has 22 heavy (non-hydrogen) atoms. The Bertz CT molecular complexity index is 652. The van der Waals surface area contributed by atoms with Crippen LogP contribution in [0.5, 0.6) is 0 Å². The van der Waals surface area contributed by atoms with Crippen molar-refractivity contribution in [2.24, 2.45) is 5.92 Å². The summed E-state index contributed by atoms with van der Waals surface area (Å²) in [6, 6.07) is 0. The van der Waals surface area contributed by atoms with Crippen molar-refractivity contribution in [3.63, 3.8) is 0 Å². The maximum absolute atomic E-state index is 4.60. The molecule has 0 spiro atoms. The van der Waals surface area contributed by atoms with Crippen molar-refractivity contribution in [2.75, 3.05) is 37.6 Å². The molecule has 0 amide bonds. The van der Waals surface area contributed by atoms with Gasteiger partial charge in [-0.25, -0.2) is 9.97 Å². The molecule has 2 aliphatic rings. The van der Waals surface area contributed by atoms with Crippen molar-refractivity contribution in [1.82, 2.24) is 25.1 Å². The first-order chi connectivity index (χ1) is 10.7. The highest BCUT2D eigenvalue weighted by atomic mass is 15.3. The Hall–Kier alpha value is -1.69. The fourth-order valence-electron chi connectivity index (χ4n) is 3.43. The molecule has 1 aliphatic heterocycles. The Balaban J connectivity index is 1.58. The van der Waals surface area contributed by atoms with Crippen molar-refractivity contribution < 1.29 is 0 Å². The van der Waals surface area contributed by atoms with Crippen molar-refractivity contribution >= 4 is 16.9 Å². The molecule has 1 N–H and O–H groups in total. The number of H-pyrrole nitrogens is 1. The molecule has 1 saturated heterocycles. The molecule has 0 unspecified atom stereocenters. The average molecular weight is 300 g/mol. The summed E-state index contributed by atoms with van der Waals surface area (Å²) >= 11 is 0. The maximum atomic E-state index is 4.60. The molecule has 2 aromatic heterocycles. The molecule has 6 nitrogen and oxygen atoms in total. The Labute approximate surface area is 130 Å². The standard InChI is InChI=1S/C16H24N6/c1-11(2)9-21-5-7-22(8-6-21)16-13-14(12-3-4-12)19-20-15(13)17-10-18-16/h10-12H,3-9H2,1-2H3,(H,17,18,19,20). The number of nitrogens with zero attached hydrogens (tertiary/aromatic N) is 5. The number of rotatable bonds is 4. The van der Waals surface area contributed by atoms with Gasteiger partial charge in [0, 0.05) is 38.6 Å². The van der Waals surface area contributed by atoms with Gasteiger partial charge in [-0.05, 0) is 18.8 Å². The third-order valence-electron chi connectivity index (χ3n) is 4.64. The number of nitrogens with one attached hydrogen (secondary N) is 1. The lowest BCUT2D eigenvalue weighted by Gasteiger charge is -2.36. The van der Waals surface area contributed by atoms with Crippen LogP contribution in [0.4, 0.5) is 5.82 Å². The Morgan fingerprint density at radius 3 is 2.64 bits per heavy atom. The van der Waals surface area contributed by atoms with E-state index in [0.717, 1.165) is 48.9 Å². The van der Waals surface area contributed by atoms with Gasteiger partial charge in [0.05, 0.1) is 11.1 Å². The van der Waals surface area contributed by atoms with Gasteiger partial charge in [-0.15, -0.1) is 0 Å². The molecular weight excluding hydrogens is 276 g/mol. The second-order valence-electron chi connectivity index (χ2n) is 6.99. The van der Waals surface area contributed by atoms with Crippen molar-refractivity contribution in [2.45, 2.75) is 32.6 Å². The molecule has 0 radical (unpaired) electrons. The van der Waals surface area contributed by atoms with Crippen molar-refractivity contribution in [3.05, 3.63) is 12.0 Å². The highest BCUT2D eigenvalue weighted by Gasteiger charge is 2.30. The minimum Gasteiger partial charge on any atom is -0.353 e. The fourth-order valence-corrected chi connectivity index (χ4v) is 3.43. The van der Waals surface area contributed by atoms with Gasteiger partial charge in [0.2, 0.25) is 0 Å². The maximum Gasteiger partial charge on any atom is 0.186 e. The summed E-state index contributed by atoms with van der Waals surface area (Å²) < 4.78 is 0. The molecule has 118 valence electrons. The third-order valence-corrected chi connectivity index (χ3v) is 4.64. The quantitative estimate of drug-likeness (QED) is 0.936. The summed E-state index contributed by atoms with van der Waals surface area (Å²) in [6.07, 6.45) is 4.16. The lowest BCUT2D eigenvalue weighted by molar-refractivity contribution is 0.231. The van der Waals surface area contributed by atoms with E-state index in [1.54, 1.807) is 6.33 Å². The molecule has 0 bridgehead atoms. The summed E-state index contributed by atoms with van der Waals surface area (Å²) in [5, 5.41) is 8.73. The van der Waals surface area contributed by atoms with Crippen LogP contribution in [0, 0.1) is 5.92 Å². The molecule has 6 heteroatoms. The van der Waals surface area contributed by atoms with Crippen LogP contribution in [-0.2, 0) is 0 Å². The first kappa shape index (κ1) is 13.9. The number of hydrogen-bond acceptors (Lipinski definition) is 5. The van der Waals surface area contributed by atoms with Crippen LogP contribution >= 0.6 is 0 Å². The van der Waals surface area contributed by atoms with Crippen molar-refractivity contribution in [3.8, 4) is 0 Å². The SMILES string of the molecule is CC(C)CN1CCN(c2ncnc3n[nH]c(C4CC4)c23)CC1. The zero-order valence-corrected chi connectivity index (χ0v) is 13.4.